The van der Waals surface area contributed by atoms with Gasteiger partial charge in [-0.1, -0.05) is 0 Å². The van der Waals surface area contributed by atoms with Crippen molar-refractivity contribution in [1.82, 2.24) is 25.9 Å². The van der Waals surface area contributed by atoms with Crippen LogP contribution in [0.25, 0.3) is 0 Å². The summed E-state index contributed by atoms with van der Waals surface area (Å²) in [6.07, 6.45) is 9.21. The fraction of sp³-hybridized carbons (Fsp3) is 0.957. The van der Waals surface area contributed by atoms with Crippen LogP contribution in [0.2, 0.25) is 0 Å². The molecule has 182 valence electrons. The van der Waals surface area contributed by atoms with E-state index < -0.39 is 5.97 Å². The molecule has 32 heavy (non-hydrogen) atoms. The largest absolute Gasteiger partial charge is 0.481 e. The molecule has 4 heterocycles. The summed E-state index contributed by atoms with van der Waals surface area (Å²) in [6, 6.07) is 0.405. The Morgan fingerprint density at radius 1 is 1.00 bits per heavy atom. The molecule has 4 aliphatic heterocycles. The highest BCUT2D eigenvalue weighted by molar-refractivity contribution is 5.69. The number of carboxylic acid groups (broad SMARTS) is 1. The molecule has 0 spiro atoms. The van der Waals surface area contributed by atoms with Crippen molar-refractivity contribution in [1.29, 1.82) is 0 Å². The van der Waals surface area contributed by atoms with Crippen LogP contribution in [-0.4, -0.2) is 91.4 Å². The Morgan fingerprint density at radius 3 is 2.53 bits per heavy atom. The summed E-state index contributed by atoms with van der Waals surface area (Å²) in [5.41, 5.74) is 3.31. The third-order valence-corrected chi connectivity index (χ3v) is 8.50. The number of hydroxylamine groups is 1. The highest BCUT2D eigenvalue weighted by Gasteiger charge is 2.41. The van der Waals surface area contributed by atoms with E-state index in [1.807, 2.05) is 0 Å². The summed E-state index contributed by atoms with van der Waals surface area (Å²) in [5.74, 6) is 0.406. The molecule has 9 heteroatoms. The van der Waals surface area contributed by atoms with E-state index >= 15 is 0 Å². The van der Waals surface area contributed by atoms with Crippen LogP contribution in [0.4, 0.5) is 0 Å². The second kappa shape index (κ2) is 10.6. The van der Waals surface area contributed by atoms with Gasteiger partial charge in [0.25, 0.3) is 0 Å². The molecule has 5 rings (SSSR count). The molecule has 5 atom stereocenters. The fourth-order valence-corrected chi connectivity index (χ4v) is 6.51. The molecule has 0 radical (unpaired) electrons. The summed E-state index contributed by atoms with van der Waals surface area (Å²) < 4.78 is 5.49. The topological polar surface area (TPSA) is 98.3 Å². The first-order chi connectivity index (χ1) is 15.7. The number of piperidine rings is 1. The van der Waals surface area contributed by atoms with Crippen LogP contribution < -0.4 is 16.1 Å². The summed E-state index contributed by atoms with van der Waals surface area (Å²) in [6.45, 7) is 6.97. The van der Waals surface area contributed by atoms with Gasteiger partial charge in [0.1, 0.15) is 6.23 Å². The van der Waals surface area contributed by atoms with Gasteiger partial charge in [0.2, 0.25) is 0 Å². The lowest BCUT2D eigenvalue weighted by Crippen LogP contribution is -2.57. The van der Waals surface area contributed by atoms with Gasteiger partial charge < -0.3 is 15.2 Å². The van der Waals surface area contributed by atoms with Gasteiger partial charge >= 0.3 is 5.97 Å². The first-order valence-corrected chi connectivity index (χ1v) is 12.9. The minimum absolute atomic E-state index is 0.0369. The van der Waals surface area contributed by atoms with Crippen LogP contribution in [0.15, 0.2) is 0 Å². The van der Waals surface area contributed by atoms with Crippen LogP contribution in [0.5, 0.6) is 0 Å². The molecule has 0 aromatic carbocycles. The van der Waals surface area contributed by atoms with Crippen LogP contribution in [0.3, 0.4) is 0 Å². The predicted molar refractivity (Wildman–Crippen MR) is 120 cm³/mol. The maximum atomic E-state index is 11.2. The predicted octanol–water partition coefficient (Wildman–Crippen LogP) is 0.776. The summed E-state index contributed by atoms with van der Waals surface area (Å²) >= 11 is 0. The van der Waals surface area contributed by atoms with Crippen molar-refractivity contribution in [2.75, 3.05) is 45.9 Å². The van der Waals surface area contributed by atoms with Crippen LogP contribution in [0, 0.1) is 17.8 Å². The highest BCUT2D eigenvalue weighted by atomic mass is 16.7. The Morgan fingerprint density at radius 2 is 1.81 bits per heavy atom. The number of ether oxygens (including phenoxy) is 1. The first kappa shape index (κ1) is 23.0. The molecule has 5 aliphatic rings. The lowest BCUT2D eigenvalue weighted by molar-refractivity contribution is -0.143. The van der Waals surface area contributed by atoms with Gasteiger partial charge in [-0.25, -0.2) is 0 Å². The van der Waals surface area contributed by atoms with Gasteiger partial charge in [-0.2, -0.15) is 5.48 Å². The van der Waals surface area contributed by atoms with Crippen LogP contribution >= 0.6 is 0 Å². The Balaban J connectivity index is 1.07. The lowest BCUT2D eigenvalue weighted by atomic mass is 9.82. The number of aliphatic carboxylic acids is 1. The smallest absolute Gasteiger partial charge is 0.306 e. The van der Waals surface area contributed by atoms with Gasteiger partial charge in [0.05, 0.1) is 37.5 Å². The molecule has 4 saturated heterocycles. The lowest BCUT2D eigenvalue weighted by Gasteiger charge is -2.40. The zero-order valence-corrected chi connectivity index (χ0v) is 19.2. The number of nitrogens with one attached hydrogen (secondary N) is 3. The highest BCUT2D eigenvalue weighted by Crippen LogP contribution is 2.32. The molecular formula is C23H41N5O4. The molecule has 5 fully saturated rings. The second-order valence-electron chi connectivity index (χ2n) is 10.5. The van der Waals surface area contributed by atoms with Crippen molar-refractivity contribution in [2.45, 2.75) is 76.0 Å². The van der Waals surface area contributed by atoms with E-state index in [2.05, 4.69) is 25.9 Å². The molecular weight excluding hydrogens is 410 g/mol. The van der Waals surface area contributed by atoms with Gasteiger partial charge in [-0.05, 0) is 63.8 Å². The molecule has 0 aromatic heterocycles. The quantitative estimate of drug-likeness (QED) is 0.467. The van der Waals surface area contributed by atoms with Crippen molar-refractivity contribution in [3.63, 3.8) is 0 Å². The zero-order valence-electron chi connectivity index (χ0n) is 19.2. The van der Waals surface area contributed by atoms with Gasteiger partial charge in [-0.15, -0.1) is 0 Å². The van der Waals surface area contributed by atoms with Crippen molar-refractivity contribution in [3.05, 3.63) is 0 Å². The molecule has 4 N–H and O–H groups in total. The van der Waals surface area contributed by atoms with E-state index in [0.717, 1.165) is 71.6 Å². The van der Waals surface area contributed by atoms with E-state index in [-0.39, 0.29) is 18.3 Å². The monoisotopic (exact) mass is 451 g/mol. The number of hydrogen-bond donors (Lipinski definition) is 4. The number of hydrogen-bond acceptors (Lipinski definition) is 8. The van der Waals surface area contributed by atoms with Gasteiger partial charge in [-0.3, -0.25) is 24.7 Å². The average Bonchev–Trinajstić information content (AvgIpc) is 3.50. The number of carboxylic acids is 1. The first-order valence-electron chi connectivity index (χ1n) is 12.9. The number of morpholine rings is 1. The summed E-state index contributed by atoms with van der Waals surface area (Å²) in [5, 5.41) is 16.8. The third kappa shape index (κ3) is 5.29. The maximum absolute atomic E-state index is 11.2. The fourth-order valence-electron chi connectivity index (χ4n) is 6.51. The van der Waals surface area contributed by atoms with E-state index in [1.54, 1.807) is 0 Å². The Labute approximate surface area is 191 Å². The van der Waals surface area contributed by atoms with E-state index in [4.69, 9.17) is 9.57 Å². The number of likely N-dealkylation sites (tertiary alicyclic amines) is 1. The average molecular weight is 452 g/mol. The maximum Gasteiger partial charge on any atom is 0.306 e. The van der Waals surface area contributed by atoms with Crippen molar-refractivity contribution >= 4 is 5.97 Å². The molecule has 0 bridgehead atoms. The molecule has 1 saturated carbocycles. The van der Waals surface area contributed by atoms with Crippen molar-refractivity contribution < 1.29 is 19.5 Å². The SMILES string of the molecule is O=C(O)C1CCC(CN2CCC[C@H]2C2NC(C3CCC(N4CCOCC4)NC3)NO2)CC1. The number of nitrogens with zero attached hydrogens (tertiary/aromatic N) is 2. The number of rotatable bonds is 6. The molecule has 1 aliphatic carbocycles. The normalized spacial score (nSPS) is 42.3. The van der Waals surface area contributed by atoms with Crippen LogP contribution in [-0.2, 0) is 14.4 Å². The van der Waals surface area contributed by atoms with E-state index in [0.29, 0.717) is 24.0 Å². The Hall–Kier alpha value is -0.810. The van der Waals surface area contributed by atoms with E-state index in [9.17, 15) is 9.90 Å². The van der Waals surface area contributed by atoms with Crippen molar-refractivity contribution in [3.8, 4) is 0 Å². The third-order valence-electron chi connectivity index (χ3n) is 8.50. The van der Waals surface area contributed by atoms with Gasteiger partial charge in [0.15, 0.2) is 0 Å². The minimum Gasteiger partial charge on any atom is -0.481 e. The van der Waals surface area contributed by atoms with Gasteiger partial charge in [0, 0.05) is 32.1 Å². The number of carbonyl (C=O) groups is 1. The Bertz CT molecular complexity index is 618. The standard InChI is InChI=1S/C23H41N5O4/c29-23(30)17-5-3-16(4-6-17)15-28-9-1-2-19(28)22-25-21(26-32-22)18-7-8-20(24-14-18)27-10-12-31-13-11-27/h16-22,24-26H,1-15H2,(H,29,30)/t16?,17?,18?,19-,20?,21?,22?/m0/s1. The Kier molecular flexibility index (Phi) is 7.63. The van der Waals surface area contributed by atoms with Crippen molar-refractivity contribution in [2.24, 2.45) is 17.8 Å². The van der Waals surface area contributed by atoms with Crippen LogP contribution in [0.1, 0.15) is 51.4 Å². The molecule has 9 nitrogen and oxygen atoms in total. The minimum atomic E-state index is -0.614. The molecule has 0 aromatic rings. The van der Waals surface area contributed by atoms with E-state index in [1.165, 1.54) is 25.7 Å². The molecule has 4 unspecified atom stereocenters. The zero-order chi connectivity index (χ0) is 21.9. The summed E-state index contributed by atoms with van der Waals surface area (Å²) in [7, 11) is 0. The molecule has 0 amide bonds. The second-order valence-corrected chi connectivity index (χ2v) is 10.5. The summed E-state index contributed by atoms with van der Waals surface area (Å²) in [4.78, 5) is 22.4.